The number of rotatable bonds is 4. The molecule has 1 saturated heterocycles. The molecule has 1 aliphatic heterocycles. The van der Waals surface area contributed by atoms with E-state index in [9.17, 15) is 4.79 Å². The number of fused-ring (bicyclic) bond motifs is 1. The lowest BCUT2D eigenvalue weighted by Crippen LogP contribution is -2.42. The molecule has 0 unspecified atom stereocenters. The molecule has 0 atom stereocenters. The molecule has 2 fully saturated rings. The van der Waals surface area contributed by atoms with Gasteiger partial charge >= 0.3 is 13.2 Å². The van der Waals surface area contributed by atoms with E-state index in [-0.39, 0.29) is 29.4 Å². The van der Waals surface area contributed by atoms with Crippen LogP contribution in [0.5, 0.6) is 0 Å². The molecule has 4 rings (SSSR count). The predicted octanol–water partition coefficient (Wildman–Crippen LogP) is 4.18. The number of carbonyl (C=O) groups excluding carboxylic acids is 1. The topological polar surface area (TPSA) is 94.6 Å². The molecule has 0 bridgehead atoms. The highest BCUT2D eigenvalue weighted by Crippen LogP contribution is 2.36. The van der Waals surface area contributed by atoms with E-state index in [2.05, 4.69) is 43.3 Å². The van der Waals surface area contributed by atoms with Gasteiger partial charge in [-0.15, -0.1) is 0 Å². The van der Waals surface area contributed by atoms with Crippen molar-refractivity contribution in [3.8, 4) is 0 Å². The Bertz CT molecular complexity index is 1030. The van der Waals surface area contributed by atoms with Crippen molar-refractivity contribution in [3.63, 3.8) is 0 Å². The average Bonchev–Trinajstić information content (AvgIpc) is 2.95. The van der Waals surface area contributed by atoms with Crippen LogP contribution in [0.15, 0.2) is 24.4 Å². The van der Waals surface area contributed by atoms with Gasteiger partial charge in [-0.3, -0.25) is 0 Å². The molecule has 2 aromatic rings. The number of hydrogen-bond donors (Lipinski definition) is 2. The van der Waals surface area contributed by atoms with E-state index >= 15 is 0 Å². The van der Waals surface area contributed by atoms with E-state index in [4.69, 9.17) is 19.0 Å². The monoisotopic (exact) mass is 468 g/mol. The summed E-state index contributed by atoms with van der Waals surface area (Å²) in [6.45, 7) is 13.8. The molecule has 9 heteroatoms. The normalized spacial score (nSPS) is 24.1. The first-order chi connectivity index (χ1) is 15.8. The van der Waals surface area contributed by atoms with Crippen molar-refractivity contribution in [1.29, 1.82) is 0 Å². The van der Waals surface area contributed by atoms with Crippen molar-refractivity contribution in [2.24, 2.45) is 0 Å². The molecule has 8 nitrogen and oxygen atoms in total. The number of nitrogens with one attached hydrogen (secondary N) is 2. The van der Waals surface area contributed by atoms with Crippen LogP contribution in [-0.2, 0) is 14.0 Å². The minimum atomic E-state index is -0.485. The van der Waals surface area contributed by atoms with Gasteiger partial charge in [0.05, 0.1) is 16.7 Å². The highest BCUT2D eigenvalue weighted by molar-refractivity contribution is 6.62. The van der Waals surface area contributed by atoms with Gasteiger partial charge in [0.1, 0.15) is 5.60 Å². The Morgan fingerprint density at radius 1 is 1.06 bits per heavy atom. The van der Waals surface area contributed by atoms with Crippen LogP contribution in [0.4, 0.5) is 10.7 Å². The molecule has 34 heavy (non-hydrogen) atoms. The number of amides is 1. The number of aromatic nitrogens is 2. The maximum atomic E-state index is 12.0. The summed E-state index contributed by atoms with van der Waals surface area (Å²) in [6, 6.07) is 6.45. The fourth-order valence-corrected chi connectivity index (χ4v) is 4.29. The molecule has 1 aromatic heterocycles. The molecule has 1 aromatic carbocycles. The molecule has 2 N–H and O–H groups in total. The van der Waals surface area contributed by atoms with Crippen LogP contribution in [0.25, 0.3) is 10.9 Å². The van der Waals surface area contributed by atoms with Gasteiger partial charge in [-0.05, 0) is 85.7 Å². The van der Waals surface area contributed by atoms with Gasteiger partial charge in [-0.1, -0.05) is 12.1 Å². The van der Waals surface area contributed by atoms with Crippen molar-refractivity contribution < 1.29 is 18.8 Å². The average molecular weight is 468 g/mol. The lowest BCUT2D eigenvalue weighted by molar-refractivity contribution is 0.00578. The Morgan fingerprint density at radius 3 is 2.29 bits per heavy atom. The quantitative estimate of drug-likeness (QED) is 0.651. The molecular formula is C25H37BN4O4. The third-order valence-electron chi connectivity index (χ3n) is 6.91. The predicted molar refractivity (Wildman–Crippen MR) is 134 cm³/mol. The van der Waals surface area contributed by atoms with Gasteiger partial charge in [0.15, 0.2) is 0 Å². The Kier molecular flexibility index (Phi) is 6.55. The van der Waals surface area contributed by atoms with E-state index in [1.165, 1.54) is 0 Å². The van der Waals surface area contributed by atoms with Crippen molar-refractivity contribution in [3.05, 3.63) is 24.4 Å². The SMILES string of the molecule is CC(C)(C)OC(=O)NC1CCC(Nc2ncc3cc(B4OC(C)(C)C(C)(C)O4)ccc3n2)CC1. The number of alkyl carbamates (subject to hydrolysis) is 1. The number of nitrogens with zero attached hydrogens (tertiary/aromatic N) is 2. The van der Waals surface area contributed by atoms with Crippen molar-refractivity contribution >= 4 is 35.5 Å². The highest BCUT2D eigenvalue weighted by atomic mass is 16.7. The maximum Gasteiger partial charge on any atom is 0.494 e. The number of carbonyl (C=O) groups is 1. The van der Waals surface area contributed by atoms with Crippen LogP contribution in [0, 0.1) is 0 Å². The van der Waals surface area contributed by atoms with Crippen LogP contribution in [-0.4, -0.2) is 52.1 Å². The van der Waals surface area contributed by atoms with Crippen molar-refractivity contribution in [2.75, 3.05) is 5.32 Å². The largest absolute Gasteiger partial charge is 0.494 e. The number of anilines is 1. The molecule has 184 valence electrons. The molecule has 2 heterocycles. The summed E-state index contributed by atoms with van der Waals surface area (Å²) in [5, 5.41) is 7.39. The first-order valence-electron chi connectivity index (χ1n) is 12.2. The summed E-state index contributed by atoms with van der Waals surface area (Å²) < 4.78 is 17.7. The lowest BCUT2D eigenvalue weighted by atomic mass is 9.78. The number of ether oxygens (including phenoxy) is 1. The zero-order valence-electron chi connectivity index (χ0n) is 21.4. The van der Waals surface area contributed by atoms with Gasteiger partial charge in [-0.2, -0.15) is 0 Å². The zero-order chi connectivity index (χ0) is 24.7. The third kappa shape index (κ3) is 5.63. The van der Waals surface area contributed by atoms with E-state index in [0.717, 1.165) is 42.0 Å². The summed E-state index contributed by atoms with van der Waals surface area (Å²) in [7, 11) is -0.406. The molecule has 0 radical (unpaired) electrons. The third-order valence-corrected chi connectivity index (χ3v) is 6.91. The summed E-state index contributed by atoms with van der Waals surface area (Å²) in [5.41, 5.74) is 0.599. The van der Waals surface area contributed by atoms with E-state index < -0.39 is 12.7 Å². The lowest BCUT2D eigenvalue weighted by Gasteiger charge is -2.32. The maximum absolute atomic E-state index is 12.0. The van der Waals surface area contributed by atoms with Gasteiger partial charge in [0, 0.05) is 23.7 Å². The van der Waals surface area contributed by atoms with E-state index in [1.807, 2.05) is 45.2 Å². The second-order valence-corrected chi connectivity index (χ2v) is 11.4. The smallest absolute Gasteiger partial charge is 0.444 e. The fourth-order valence-electron chi connectivity index (χ4n) is 4.29. The Labute approximate surface area is 202 Å². The molecule has 0 spiro atoms. The minimum absolute atomic E-state index is 0.138. The first-order valence-corrected chi connectivity index (χ1v) is 12.2. The van der Waals surface area contributed by atoms with Crippen molar-refractivity contribution in [2.45, 2.75) is 103 Å². The van der Waals surface area contributed by atoms with Crippen LogP contribution >= 0.6 is 0 Å². The van der Waals surface area contributed by atoms with Crippen LogP contribution < -0.4 is 16.1 Å². The standard InChI is InChI=1S/C25H37BN4O4/c1-23(2,3)32-22(31)29-19-11-9-18(10-12-19)28-21-27-15-16-14-17(8-13-20(16)30-21)26-33-24(4,5)25(6,7)34-26/h8,13-15,18-19H,9-12H2,1-7H3,(H,29,31)(H,27,28,30). The summed E-state index contributed by atoms with van der Waals surface area (Å²) in [5.74, 6) is 0.624. The van der Waals surface area contributed by atoms with Gasteiger partial charge in [-0.25, -0.2) is 14.8 Å². The summed E-state index contributed by atoms with van der Waals surface area (Å²) >= 11 is 0. The minimum Gasteiger partial charge on any atom is -0.444 e. The molecular weight excluding hydrogens is 431 g/mol. The Hall–Kier alpha value is -2.39. The highest BCUT2D eigenvalue weighted by Gasteiger charge is 2.51. The van der Waals surface area contributed by atoms with E-state index in [1.54, 1.807) is 0 Å². The van der Waals surface area contributed by atoms with Crippen molar-refractivity contribution in [1.82, 2.24) is 15.3 Å². The molecule has 2 aliphatic rings. The summed E-state index contributed by atoms with van der Waals surface area (Å²) in [4.78, 5) is 21.3. The molecule has 1 aliphatic carbocycles. The molecule has 1 amide bonds. The Balaban J connectivity index is 1.34. The van der Waals surface area contributed by atoms with Crippen LogP contribution in [0.3, 0.4) is 0 Å². The van der Waals surface area contributed by atoms with Gasteiger partial charge in [0.25, 0.3) is 0 Å². The fraction of sp³-hybridized carbons (Fsp3) is 0.640. The zero-order valence-corrected chi connectivity index (χ0v) is 21.4. The first kappa shape index (κ1) is 24.7. The number of benzene rings is 1. The molecule has 1 saturated carbocycles. The second kappa shape index (κ2) is 9.00. The van der Waals surface area contributed by atoms with Crippen LogP contribution in [0.2, 0.25) is 0 Å². The summed E-state index contributed by atoms with van der Waals surface area (Å²) in [6.07, 6.45) is 5.14. The number of hydrogen-bond acceptors (Lipinski definition) is 7. The van der Waals surface area contributed by atoms with E-state index in [0.29, 0.717) is 5.95 Å². The van der Waals surface area contributed by atoms with Gasteiger partial charge in [0.2, 0.25) is 5.95 Å². The van der Waals surface area contributed by atoms with Crippen LogP contribution in [0.1, 0.15) is 74.1 Å². The second-order valence-electron chi connectivity index (χ2n) is 11.4. The Morgan fingerprint density at radius 2 is 1.68 bits per heavy atom. The van der Waals surface area contributed by atoms with Gasteiger partial charge < -0.3 is 24.7 Å².